The molecule has 0 aliphatic carbocycles. The smallest absolute Gasteiger partial charge is 0.311 e. The third kappa shape index (κ3) is 3.60. The van der Waals surface area contributed by atoms with Crippen molar-refractivity contribution in [2.24, 2.45) is 0 Å². The van der Waals surface area contributed by atoms with Crippen molar-refractivity contribution in [3.8, 4) is 5.75 Å². The molecule has 0 heterocycles. The average Bonchev–Trinajstić information content (AvgIpc) is 2.47. The fraction of sp³-hybridized carbons (Fsp3) is 0.278. The molecule has 3 nitrogen and oxygen atoms in total. The Hall–Kier alpha value is -2.00. The lowest BCUT2D eigenvalue weighted by atomic mass is 9.89. The van der Waals surface area contributed by atoms with Crippen LogP contribution >= 0.6 is 11.6 Å². The first-order valence-electron chi connectivity index (χ1n) is 7.04. The van der Waals surface area contributed by atoms with E-state index in [-0.39, 0.29) is 0 Å². The van der Waals surface area contributed by atoms with Gasteiger partial charge in [0.05, 0.1) is 18.1 Å². The van der Waals surface area contributed by atoms with Crippen LogP contribution in [0.4, 0.5) is 0 Å². The third-order valence-corrected chi connectivity index (χ3v) is 4.10. The van der Waals surface area contributed by atoms with Gasteiger partial charge in [-0.3, -0.25) is 4.79 Å². The molecule has 0 bridgehead atoms. The summed E-state index contributed by atoms with van der Waals surface area (Å²) < 4.78 is 5.11. The highest BCUT2D eigenvalue weighted by Crippen LogP contribution is 2.30. The van der Waals surface area contributed by atoms with Crippen LogP contribution in [0.25, 0.3) is 0 Å². The van der Waals surface area contributed by atoms with Crippen molar-refractivity contribution in [1.82, 2.24) is 0 Å². The van der Waals surface area contributed by atoms with Gasteiger partial charge in [0.2, 0.25) is 0 Å². The fourth-order valence-electron chi connectivity index (χ4n) is 2.49. The van der Waals surface area contributed by atoms with E-state index in [0.29, 0.717) is 22.8 Å². The zero-order chi connectivity index (χ0) is 16.3. The SMILES string of the molecule is COc1ccc(C(Cc2cc(C)ccc2C)C(=O)O)cc1Cl. The summed E-state index contributed by atoms with van der Waals surface area (Å²) >= 11 is 6.12. The molecule has 2 aromatic carbocycles. The third-order valence-electron chi connectivity index (χ3n) is 3.80. The van der Waals surface area contributed by atoms with Crippen LogP contribution < -0.4 is 4.74 Å². The number of aryl methyl sites for hydroxylation is 2. The summed E-state index contributed by atoms with van der Waals surface area (Å²) in [6.07, 6.45) is 0.436. The standard InChI is InChI=1S/C18H19ClO3/c1-11-4-5-12(2)14(8-11)9-15(18(20)21)13-6-7-17(22-3)16(19)10-13/h4-8,10,15H,9H2,1-3H3,(H,20,21). The van der Waals surface area contributed by atoms with Crippen LogP contribution in [0.5, 0.6) is 5.75 Å². The number of methoxy groups -OCH3 is 1. The summed E-state index contributed by atoms with van der Waals surface area (Å²) in [5.41, 5.74) is 3.94. The number of carboxylic acid groups (broad SMARTS) is 1. The normalized spacial score (nSPS) is 12.0. The van der Waals surface area contributed by atoms with Gasteiger partial charge in [0.15, 0.2) is 0 Å². The summed E-state index contributed by atoms with van der Waals surface area (Å²) in [6.45, 7) is 4.00. The molecule has 0 radical (unpaired) electrons. The Labute approximate surface area is 135 Å². The maximum Gasteiger partial charge on any atom is 0.311 e. The van der Waals surface area contributed by atoms with Gasteiger partial charge in [-0.25, -0.2) is 0 Å². The largest absolute Gasteiger partial charge is 0.495 e. The van der Waals surface area contributed by atoms with Gasteiger partial charge >= 0.3 is 5.97 Å². The van der Waals surface area contributed by atoms with E-state index in [0.717, 1.165) is 16.7 Å². The number of carboxylic acids is 1. The van der Waals surface area contributed by atoms with Crippen LogP contribution in [0.3, 0.4) is 0 Å². The van der Waals surface area contributed by atoms with E-state index < -0.39 is 11.9 Å². The molecule has 4 heteroatoms. The van der Waals surface area contributed by atoms with Crippen molar-refractivity contribution < 1.29 is 14.6 Å². The molecular formula is C18H19ClO3. The van der Waals surface area contributed by atoms with Gasteiger partial charge in [0.25, 0.3) is 0 Å². The van der Waals surface area contributed by atoms with Gasteiger partial charge in [-0.2, -0.15) is 0 Å². The van der Waals surface area contributed by atoms with Crippen molar-refractivity contribution >= 4 is 17.6 Å². The molecule has 1 atom stereocenters. The molecule has 0 fully saturated rings. The van der Waals surface area contributed by atoms with E-state index in [2.05, 4.69) is 0 Å². The summed E-state index contributed by atoms with van der Waals surface area (Å²) in [5, 5.41) is 10.0. The lowest BCUT2D eigenvalue weighted by Crippen LogP contribution is -2.15. The topological polar surface area (TPSA) is 46.5 Å². The number of rotatable bonds is 5. The molecule has 0 spiro atoms. The lowest BCUT2D eigenvalue weighted by Gasteiger charge is -2.16. The minimum atomic E-state index is -0.859. The summed E-state index contributed by atoms with van der Waals surface area (Å²) in [5.74, 6) is -0.952. The zero-order valence-corrected chi connectivity index (χ0v) is 13.6. The van der Waals surface area contributed by atoms with E-state index in [9.17, 15) is 9.90 Å². The quantitative estimate of drug-likeness (QED) is 0.890. The minimum Gasteiger partial charge on any atom is -0.495 e. The molecule has 2 rings (SSSR count). The fourth-order valence-corrected chi connectivity index (χ4v) is 2.75. The zero-order valence-electron chi connectivity index (χ0n) is 12.9. The van der Waals surface area contributed by atoms with Gasteiger partial charge < -0.3 is 9.84 Å². The molecule has 0 saturated carbocycles. The predicted octanol–water partition coefficient (Wildman–Crippen LogP) is 4.38. The van der Waals surface area contributed by atoms with Gasteiger partial charge in [-0.15, -0.1) is 0 Å². The molecule has 116 valence electrons. The molecule has 0 aliphatic rings. The molecule has 0 saturated heterocycles. The number of carbonyl (C=O) groups is 1. The van der Waals surface area contributed by atoms with Crippen LogP contribution in [0, 0.1) is 13.8 Å². The van der Waals surface area contributed by atoms with Crippen LogP contribution in [0.1, 0.15) is 28.2 Å². The Morgan fingerprint density at radius 2 is 1.95 bits per heavy atom. The molecule has 0 aliphatic heterocycles. The van der Waals surface area contributed by atoms with Crippen molar-refractivity contribution in [3.63, 3.8) is 0 Å². The van der Waals surface area contributed by atoms with Gasteiger partial charge in [0.1, 0.15) is 5.75 Å². The highest BCUT2D eigenvalue weighted by atomic mass is 35.5. The highest BCUT2D eigenvalue weighted by molar-refractivity contribution is 6.32. The van der Waals surface area contributed by atoms with Crippen molar-refractivity contribution in [1.29, 1.82) is 0 Å². The average molecular weight is 319 g/mol. The number of halogens is 1. The van der Waals surface area contributed by atoms with Crippen molar-refractivity contribution in [2.75, 3.05) is 7.11 Å². The molecule has 0 amide bonds. The number of ether oxygens (including phenoxy) is 1. The van der Waals surface area contributed by atoms with E-state index in [1.807, 2.05) is 32.0 Å². The van der Waals surface area contributed by atoms with Crippen LogP contribution in [0.15, 0.2) is 36.4 Å². The summed E-state index contributed by atoms with van der Waals surface area (Å²) in [7, 11) is 1.53. The first-order chi connectivity index (χ1) is 10.4. The maximum atomic E-state index is 11.7. The van der Waals surface area contributed by atoms with Gasteiger partial charge in [0, 0.05) is 0 Å². The van der Waals surface area contributed by atoms with E-state index in [4.69, 9.17) is 16.3 Å². The second kappa shape index (κ2) is 6.84. The molecular weight excluding hydrogens is 300 g/mol. The molecule has 22 heavy (non-hydrogen) atoms. The molecule has 0 aromatic heterocycles. The van der Waals surface area contributed by atoms with E-state index in [1.165, 1.54) is 7.11 Å². The first-order valence-corrected chi connectivity index (χ1v) is 7.42. The Balaban J connectivity index is 2.36. The molecule has 2 aromatic rings. The van der Waals surface area contributed by atoms with Crippen LogP contribution in [-0.2, 0) is 11.2 Å². The molecule has 1 unspecified atom stereocenters. The second-order valence-corrected chi connectivity index (χ2v) is 5.83. The number of aliphatic carboxylic acids is 1. The Kier molecular flexibility index (Phi) is 5.09. The van der Waals surface area contributed by atoms with E-state index in [1.54, 1.807) is 18.2 Å². The van der Waals surface area contributed by atoms with Crippen LogP contribution in [0.2, 0.25) is 5.02 Å². The first kappa shape index (κ1) is 16.4. The predicted molar refractivity (Wildman–Crippen MR) is 88.0 cm³/mol. The molecule has 1 N–H and O–H groups in total. The monoisotopic (exact) mass is 318 g/mol. The Morgan fingerprint density at radius 3 is 2.55 bits per heavy atom. The van der Waals surface area contributed by atoms with Crippen molar-refractivity contribution in [3.05, 3.63) is 63.7 Å². The Bertz CT molecular complexity index is 695. The van der Waals surface area contributed by atoms with Crippen LogP contribution in [-0.4, -0.2) is 18.2 Å². The Morgan fingerprint density at radius 1 is 1.23 bits per heavy atom. The van der Waals surface area contributed by atoms with E-state index >= 15 is 0 Å². The van der Waals surface area contributed by atoms with Gasteiger partial charge in [-0.1, -0.05) is 41.4 Å². The number of benzene rings is 2. The number of hydrogen-bond donors (Lipinski definition) is 1. The van der Waals surface area contributed by atoms with Gasteiger partial charge in [-0.05, 0) is 49.1 Å². The summed E-state index contributed by atoms with van der Waals surface area (Å²) in [4.78, 5) is 11.7. The van der Waals surface area contributed by atoms with Crippen molar-refractivity contribution in [2.45, 2.75) is 26.2 Å². The maximum absolute atomic E-state index is 11.7. The number of hydrogen-bond acceptors (Lipinski definition) is 2. The second-order valence-electron chi connectivity index (χ2n) is 5.42. The minimum absolute atomic E-state index is 0.423. The summed E-state index contributed by atoms with van der Waals surface area (Å²) in [6, 6.07) is 11.2. The highest BCUT2D eigenvalue weighted by Gasteiger charge is 2.22. The lowest BCUT2D eigenvalue weighted by molar-refractivity contribution is -0.138.